The Morgan fingerprint density at radius 3 is 2.30 bits per heavy atom. The lowest BCUT2D eigenvalue weighted by molar-refractivity contribution is -0.144. The van der Waals surface area contributed by atoms with Crippen LogP contribution in [0.1, 0.15) is 43.2 Å². The van der Waals surface area contributed by atoms with Crippen LogP contribution in [0.25, 0.3) is 11.1 Å². The zero-order valence-corrected chi connectivity index (χ0v) is 18.1. The van der Waals surface area contributed by atoms with Gasteiger partial charge in [-0.15, -0.1) is 0 Å². The van der Waals surface area contributed by atoms with E-state index in [1.54, 1.807) is 7.05 Å². The molecular formula is C26H32N2O2. The summed E-state index contributed by atoms with van der Waals surface area (Å²) in [7, 11) is 1.72. The maximum Gasteiger partial charge on any atom is 0.226 e. The number of aryl methyl sites for hydroxylation is 1. The number of rotatable bonds is 5. The molecule has 2 aromatic carbocycles. The van der Waals surface area contributed by atoms with Crippen LogP contribution in [0.5, 0.6) is 0 Å². The van der Waals surface area contributed by atoms with Crippen LogP contribution in [0.2, 0.25) is 0 Å². The van der Waals surface area contributed by atoms with Crippen molar-refractivity contribution < 1.29 is 9.59 Å². The highest BCUT2D eigenvalue weighted by Crippen LogP contribution is 2.38. The summed E-state index contributed by atoms with van der Waals surface area (Å²) in [6, 6.07) is 17.1. The van der Waals surface area contributed by atoms with Crippen molar-refractivity contribution in [2.75, 3.05) is 20.1 Å². The molecule has 0 atom stereocenters. The quantitative estimate of drug-likeness (QED) is 0.805. The van der Waals surface area contributed by atoms with Crippen molar-refractivity contribution >= 4 is 11.8 Å². The molecule has 1 aliphatic heterocycles. The highest BCUT2D eigenvalue weighted by Gasteiger charge is 2.43. The van der Waals surface area contributed by atoms with E-state index in [1.165, 1.54) is 28.7 Å². The summed E-state index contributed by atoms with van der Waals surface area (Å²) >= 11 is 0. The molecule has 158 valence electrons. The van der Waals surface area contributed by atoms with Gasteiger partial charge in [0.2, 0.25) is 11.8 Å². The van der Waals surface area contributed by atoms with Crippen molar-refractivity contribution in [3.63, 3.8) is 0 Å². The SMILES string of the molecule is CNC(=O)C1(Cc2ccc(-c3cccc(C)c3)cc2)CCN(C(=O)C2CCC2)CC1. The van der Waals surface area contributed by atoms with Crippen molar-refractivity contribution in [1.29, 1.82) is 0 Å². The van der Waals surface area contributed by atoms with Crippen molar-refractivity contribution in [2.45, 2.75) is 45.4 Å². The summed E-state index contributed by atoms with van der Waals surface area (Å²) in [6.45, 7) is 3.47. The molecule has 1 saturated heterocycles. The van der Waals surface area contributed by atoms with Crippen molar-refractivity contribution in [3.8, 4) is 11.1 Å². The van der Waals surface area contributed by atoms with E-state index in [4.69, 9.17) is 0 Å². The van der Waals surface area contributed by atoms with Crippen LogP contribution in [0.15, 0.2) is 48.5 Å². The number of nitrogens with zero attached hydrogens (tertiary/aromatic N) is 1. The molecule has 30 heavy (non-hydrogen) atoms. The molecule has 4 heteroatoms. The first-order chi connectivity index (χ1) is 14.5. The third kappa shape index (κ3) is 4.14. The molecular weight excluding hydrogens is 372 g/mol. The van der Waals surface area contributed by atoms with Gasteiger partial charge < -0.3 is 10.2 Å². The Morgan fingerprint density at radius 2 is 1.73 bits per heavy atom. The monoisotopic (exact) mass is 404 g/mol. The lowest BCUT2D eigenvalue weighted by atomic mass is 9.72. The van der Waals surface area contributed by atoms with E-state index in [1.807, 2.05) is 4.90 Å². The minimum absolute atomic E-state index is 0.0982. The molecule has 2 amide bonds. The molecule has 0 bridgehead atoms. The van der Waals surface area contributed by atoms with E-state index in [0.717, 1.165) is 25.7 Å². The van der Waals surface area contributed by atoms with Crippen molar-refractivity contribution in [2.24, 2.45) is 11.3 Å². The summed E-state index contributed by atoms with van der Waals surface area (Å²) in [5.74, 6) is 0.627. The standard InChI is InChI=1S/C26H32N2O2/c1-19-5-3-8-23(17-19)21-11-9-20(10-12-21)18-26(25(30)27-2)13-15-28(16-14-26)24(29)22-6-4-7-22/h3,5,8-12,17,22H,4,6-7,13-16,18H2,1-2H3,(H,27,30). The number of hydrogen-bond donors (Lipinski definition) is 1. The smallest absolute Gasteiger partial charge is 0.226 e. The lowest BCUT2D eigenvalue weighted by Crippen LogP contribution is -2.52. The highest BCUT2D eigenvalue weighted by molar-refractivity contribution is 5.84. The van der Waals surface area contributed by atoms with Crippen LogP contribution in [-0.4, -0.2) is 36.9 Å². The Hall–Kier alpha value is -2.62. The molecule has 0 aromatic heterocycles. The number of nitrogens with one attached hydrogen (secondary N) is 1. The first kappa shape index (κ1) is 20.6. The van der Waals surface area contributed by atoms with E-state index in [2.05, 4.69) is 60.8 Å². The van der Waals surface area contributed by atoms with Crippen LogP contribution in [-0.2, 0) is 16.0 Å². The fraction of sp³-hybridized carbons (Fsp3) is 0.462. The van der Waals surface area contributed by atoms with E-state index < -0.39 is 5.41 Å². The maximum absolute atomic E-state index is 12.9. The average molecular weight is 405 g/mol. The summed E-state index contributed by atoms with van der Waals surface area (Å²) in [5, 5.41) is 2.89. The Bertz CT molecular complexity index is 907. The number of piperidine rings is 1. The maximum atomic E-state index is 12.9. The molecule has 4 rings (SSSR count). The molecule has 2 aromatic rings. The van der Waals surface area contributed by atoms with Crippen molar-refractivity contribution in [3.05, 3.63) is 59.7 Å². The van der Waals surface area contributed by atoms with Crippen LogP contribution in [0.4, 0.5) is 0 Å². The predicted molar refractivity (Wildman–Crippen MR) is 120 cm³/mol. The second-order valence-corrected chi connectivity index (χ2v) is 9.06. The van der Waals surface area contributed by atoms with E-state index in [-0.39, 0.29) is 11.8 Å². The van der Waals surface area contributed by atoms with Gasteiger partial charge >= 0.3 is 0 Å². The summed E-state index contributed by atoms with van der Waals surface area (Å²) in [5.41, 5.74) is 4.39. The van der Waals surface area contributed by atoms with E-state index >= 15 is 0 Å². The van der Waals surface area contributed by atoms with Crippen LogP contribution < -0.4 is 5.32 Å². The molecule has 2 aliphatic rings. The Labute approximate surface area is 179 Å². The Balaban J connectivity index is 1.47. The molecule has 1 saturated carbocycles. The zero-order chi connectivity index (χ0) is 21.1. The minimum Gasteiger partial charge on any atom is -0.359 e. The van der Waals surface area contributed by atoms with Gasteiger partial charge in [-0.05, 0) is 55.7 Å². The van der Waals surface area contributed by atoms with Crippen LogP contribution in [0.3, 0.4) is 0 Å². The normalized spacial score (nSPS) is 18.5. The van der Waals surface area contributed by atoms with Crippen molar-refractivity contribution in [1.82, 2.24) is 10.2 Å². The largest absolute Gasteiger partial charge is 0.359 e. The Morgan fingerprint density at radius 1 is 1.03 bits per heavy atom. The van der Waals surface area contributed by atoms with Gasteiger partial charge in [-0.3, -0.25) is 9.59 Å². The molecule has 1 N–H and O–H groups in total. The third-order valence-corrected chi connectivity index (χ3v) is 7.04. The summed E-state index contributed by atoms with van der Waals surface area (Å²) < 4.78 is 0. The molecule has 0 unspecified atom stereocenters. The van der Waals surface area contributed by atoms with E-state index in [0.29, 0.717) is 25.4 Å². The summed E-state index contributed by atoms with van der Waals surface area (Å²) in [6.07, 6.45) is 5.40. The highest BCUT2D eigenvalue weighted by atomic mass is 16.2. The number of likely N-dealkylation sites (tertiary alicyclic amines) is 1. The second-order valence-electron chi connectivity index (χ2n) is 9.06. The van der Waals surface area contributed by atoms with Gasteiger partial charge in [-0.25, -0.2) is 0 Å². The number of benzene rings is 2. The minimum atomic E-state index is -0.435. The van der Waals surface area contributed by atoms with Gasteiger partial charge in [0, 0.05) is 26.1 Å². The molecule has 4 nitrogen and oxygen atoms in total. The van der Waals surface area contributed by atoms with Gasteiger partial charge in [0.25, 0.3) is 0 Å². The van der Waals surface area contributed by atoms with E-state index in [9.17, 15) is 9.59 Å². The van der Waals surface area contributed by atoms with Crippen LogP contribution in [0, 0.1) is 18.3 Å². The molecule has 0 spiro atoms. The Kier molecular flexibility index (Phi) is 5.94. The molecule has 1 heterocycles. The fourth-order valence-electron chi connectivity index (χ4n) is 4.85. The number of hydrogen-bond acceptors (Lipinski definition) is 2. The third-order valence-electron chi connectivity index (χ3n) is 7.04. The molecule has 0 radical (unpaired) electrons. The summed E-state index contributed by atoms with van der Waals surface area (Å²) in [4.78, 5) is 27.5. The first-order valence-corrected chi connectivity index (χ1v) is 11.2. The van der Waals surface area contributed by atoms with Gasteiger partial charge in [0.15, 0.2) is 0 Å². The number of carbonyl (C=O) groups excluding carboxylic acids is 2. The average Bonchev–Trinajstić information content (AvgIpc) is 2.73. The number of carbonyl (C=O) groups is 2. The second kappa shape index (κ2) is 8.63. The zero-order valence-electron chi connectivity index (χ0n) is 18.1. The lowest BCUT2D eigenvalue weighted by Gasteiger charge is -2.42. The number of amides is 2. The fourth-order valence-corrected chi connectivity index (χ4v) is 4.85. The van der Waals surface area contributed by atoms with Gasteiger partial charge in [-0.1, -0.05) is 60.5 Å². The predicted octanol–water partition coefficient (Wildman–Crippen LogP) is 4.36. The molecule has 1 aliphatic carbocycles. The van der Waals surface area contributed by atoms with Gasteiger partial charge in [0.1, 0.15) is 0 Å². The topological polar surface area (TPSA) is 49.4 Å². The van der Waals surface area contributed by atoms with Gasteiger partial charge in [-0.2, -0.15) is 0 Å². The van der Waals surface area contributed by atoms with Crippen LogP contribution >= 0.6 is 0 Å². The van der Waals surface area contributed by atoms with Gasteiger partial charge in [0.05, 0.1) is 5.41 Å². The molecule has 2 fully saturated rings. The first-order valence-electron chi connectivity index (χ1n) is 11.2.